The van der Waals surface area contributed by atoms with E-state index >= 15 is 0 Å². The average molecular weight is 538 g/mol. The molecule has 0 spiro atoms. The van der Waals surface area contributed by atoms with Crippen molar-refractivity contribution in [3.8, 4) is 11.5 Å². The summed E-state index contributed by atoms with van der Waals surface area (Å²) in [6.45, 7) is 1.77. The molecule has 1 atom stereocenters. The maximum Gasteiger partial charge on any atom is 0.344 e. The predicted molar refractivity (Wildman–Crippen MR) is 146 cm³/mol. The van der Waals surface area contributed by atoms with Crippen LogP contribution in [0.4, 0.5) is 0 Å². The largest absolute Gasteiger partial charge is 0.488 e. The van der Waals surface area contributed by atoms with Gasteiger partial charge in [0.2, 0.25) is 5.88 Å². The van der Waals surface area contributed by atoms with E-state index in [0.29, 0.717) is 33.4 Å². The van der Waals surface area contributed by atoms with Crippen LogP contribution < -0.4 is 26.5 Å². The molecule has 0 saturated heterocycles. The molecule has 9 heteroatoms. The molecule has 9 nitrogen and oxygen atoms in total. The van der Waals surface area contributed by atoms with Crippen molar-refractivity contribution in [2.24, 2.45) is 5.73 Å². The van der Waals surface area contributed by atoms with E-state index in [1.807, 2.05) is 31.2 Å². The summed E-state index contributed by atoms with van der Waals surface area (Å²) in [6, 6.07) is 21.0. The van der Waals surface area contributed by atoms with Gasteiger partial charge in [-0.3, -0.25) is 0 Å². The smallest absolute Gasteiger partial charge is 0.344 e. The Bertz CT molecular complexity index is 1970. The first kappa shape index (κ1) is 25.0. The lowest BCUT2D eigenvalue weighted by atomic mass is 9.82. The molecule has 1 aliphatic rings. The van der Waals surface area contributed by atoms with Gasteiger partial charge in [0, 0.05) is 10.9 Å². The van der Waals surface area contributed by atoms with Crippen LogP contribution in [0.1, 0.15) is 28.2 Å². The van der Waals surface area contributed by atoms with Crippen LogP contribution in [0.5, 0.6) is 11.5 Å². The van der Waals surface area contributed by atoms with E-state index in [-0.39, 0.29) is 29.4 Å². The zero-order valence-corrected chi connectivity index (χ0v) is 21.6. The van der Waals surface area contributed by atoms with E-state index in [0.717, 1.165) is 10.9 Å². The van der Waals surface area contributed by atoms with E-state index in [1.54, 1.807) is 48.5 Å². The molecule has 0 saturated carbocycles. The van der Waals surface area contributed by atoms with Gasteiger partial charge in [-0.2, -0.15) is 0 Å². The summed E-state index contributed by atoms with van der Waals surface area (Å²) in [7, 11) is 1.21. The molecule has 2 aromatic heterocycles. The molecular formula is C31H23NO8. The Morgan fingerprint density at radius 1 is 0.925 bits per heavy atom. The Morgan fingerprint density at radius 3 is 2.50 bits per heavy atom. The van der Waals surface area contributed by atoms with Crippen LogP contribution in [0.25, 0.3) is 21.9 Å². The Hall–Kier alpha value is -5.31. The molecule has 0 bridgehead atoms. The van der Waals surface area contributed by atoms with E-state index in [9.17, 15) is 14.4 Å². The first-order chi connectivity index (χ1) is 19.4. The first-order valence-electron chi connectivity index (χ1n) is 12.4. The highest BCUT2D eigenvalue weighted by molar-refractivity contribution is 5.95. The lowest BCUT2D eigenvalue weighted by Gasteiger charge is -2.28. The zero-order chi connectivity index (χ0) is 28.0. The van der Waals surface area contributed by atoms with Crippen LogP contribution in [0, 0.1) is 6.92 Å². The number of nitrogens with two attached hydrogens (primary N) is 1. The van der Waals surface area contributed by atoms with Crippen molar-refractivity contribution in [1.82, 2.24) is 0 Å². The molecule has 1 unspecified atom stereocenters. The van der Waals surface area contributed by atoms with Crippen LogP contribution in [-0.2, 0) is 16.1 Å². The third-order valence-corrected chi connectivity index (χ3v) is 6.83. The maximum atomic E-state index is 13.4. The van der Waals surface area contributed by atoms with Crippen molar-refractivity contribution in [2.45, 2.75) is 19.4 Å². The molecule has 6 rings (SSSR count). The number of benzene rings is 3. The first-order valence-corrected chi connectivity index (χ1v) is 12.4. The van der Waals surface area contributed by atoms with E-state index in [2.05, 4.69) is 0 Å². The molecule has 2 N–H and O–H groups in total. The van der Waals surface area contributed by atoms with Gasteiger partial charge in [0.25, 0.3) is 0 Å². The topological polar surface area (TPSA) is 131 Å². The molecule has 200 valence electrons. The van der Waals surface area contributed by atoms with Gasteiger partial charge in [-0.1, -0.05) is 48.0 Å². The molecule has 0 radical (unpaired) electrons. The van der Waals surface area contributed by atoms with Gasteiger partial charge in [-0.15, -0.1) is 0 Å². The van der Waals surface area contributed by atoms with Gasteiger partial charge in [0.15, 0.2) is 5.75 Å². The number of carbonyl (C=O) groups excluding carboxylic acids is 1. The minimum Gasteiger partial charge on any atom is -0.488 e. The van der Waals surface area contributed by atoms with Gasteiger partial charge in [0.05, 0.1) is 29.5 Å². The van der Waals surface area contributed by atoms with E-state index in [1.165, 1.54) is 7.11 Å². The van der Waals surface area contributed by atoms with Crippen molar-refractivity contribution < 1.29 is 27.8 Å². The SMILES string of the molecule is COC(=O)C1=C(N)Oc2c(c(=O)oc3ccc(C)cc23)C1c1ccccc1OCc1cc2ccccc2oc1=O. The second-order valence-electron chi connectivity index (χ2n) is 9.36. The number of carbonyl (C=O) groups is 1. The Balaban J connectivity index is 1.50. The highest BCUT2D eigenvalue weighted by Gasteiger charge is 2.40. The molecule has 0 amide bonds. The van der Waals surface area contributed by atoms with Crippen molar-refractivity contribution in [3.63, 3.8) is 0 Å². The number of para-hydroxylation sites is 2. The van der Waals surface area contributed by atoms with E-state index in [4.69, 9.17) is 28.8 Å². The lowest BCUT2D eigenvalue weighted by molar-refractivity contribution is -0.136. The fourth-order valence-electron chi connectivity index (χ4n) is 4.96. The van der Waals surface area contributed by atoms with Gasteiger partial charge in [0.1, 0.15) is 29.1 Å². The number of methoxy groups -OCH3 is 1. The van der Waals surface area contributed by atoms with Gasteiger partial charge in [-0.25, -0.2) is 14.4 Å². The lowest BCUT2D eigenvalue weighted by Crippen LogP contribution is -2.31. The third kappa shape index (κ3) is 4.17. The predicted octanol–water partition coefficient (Wildman–Crippen LogP) is 4.65. The second-order valence-corrected chi connectivity index (χ2v) is 9.36. The summed E-state index contributed by atoms with van der Waals surface area (Å²) >= 11 is 0. The van der Waals surface area contributed by atoms with Gasteiger partial charge in [-0.05, 0) is 37.3 Å². The fraction of sp³-hybridized carbons (Fsp3) is 0.129. The standard InChI is InChI=1S/C31H23NO8/c1-16-11-12-23-20(13-16)27-25(31(35)39-23)24(26(28(32)40-27)30(34)36-2)19-8-4-6-10-22(19)37-15-18-14-17-7-3-5-9-21(17)38-29(18)33/h3-14,24H,15,32H2,1-2H3. The van der Waals surface area contributed by atoms with Crippen LogP contribution >= 0.6 is 0 Å². The summed E-state index contributed by atoms with van der Waals surface area (Å²) in [5.41, 5.74) is 7.48. The van der Waals surface area contributed by atoms with Crippen molar-refractivity contribution in [2.75, 3.05) is 7.11 Å². The van der Waals surface area contributed by atoms with Crippen molar-refractivity contribution in [3.05, 3.63) is 127 Å². The highest BCUT2D eigenvalue weighted by Crippen LogP contribution is 2.46. The van der Waals surface area contributed by atoms with Crippen LogP contribution in [-0.4, -0.2) is 13.1 Å². The van der Waals surface area contributed by atoms with Crippen LogP contribution in [0.15, 0.2) is 103 Å². The molecule has 1 aliphatic heterocycles. The molecule has 0 fully saturated rings. The molecule has 3 aromatic carbocycles. The number of esters is 1. The van der Waals surface area contributed by atoms with E-state index < -0.39 is 23.1 Å². The Morgan fingerprint density at radius 2 is 1.68 bits per heavy atom. The number of hydrogen-bond acceptors (Lipinski definition) is 9. The molecule has 40 heavy (non-hydrogen) atoms. The highest BCUT2D eigenvalue weighted by atomic mass is 16.5. The summed E-state index contributed by atoms with van der Waals surface area (Å²) in [5.74, 6) is -1.52. The van der Waals surface area contributed by atoms with Gasteiger partial charge < -0.3 is 28.8 Å². The molecular weight excluding hydrogens is 514 g/mol. The third-order valence-electron chi connectivity index (χ3n) is 6.83. The zero-order valence-electron chi connectivity index (χ0n) is 21.6. The van der Waals surface area contributed by atoms with Gasteiger partial charge >= 0.3 is 17.2 Å². The van der Waals surface area contributed by atoms with Crippen molar-refractivity contribution >= 4 is 27.9 Å². The monoisotopic (exact) mass is 537 g/mol. The quantitative estimate of drug-likeness (QED) is 0.251. The minimum atomic E-state index is -1.04. The maximum absolute atomic E-state index is 13.4. The number of fused-ring (bicyclic) bond motifs is 4. The number of hydrogen-bond donors (Lipinski definition) is 1. The van der Waals surface area contributed by atoms with Crippen LogP contribution in [0.3, 0.4) is 0 Å². The average Bonchev–Trinajstić information content (AvgIpc) is 2.95. The van der Waals surface area contributed by atoms with Crippen molar-refractivity contribution in [1.29, 1.82) is 0 Å². The summed E-state index contributed by atoms with van der Waals surface area (Å²) in [6.07, 6.45) is 0. The summed E-state index contributed by atoms with van der Waals surface area (Å²) < 4.78 is 28.1. The number of rotatable bonds is 5. The summed E-state index contributed by atoms with van der Waals surface area (Å²) in [5, 5.41) is 1.27. The Kier molecular flexibility index (Phi) is 6.11. The van der Waals surface area contributed by atoms with Crippen LogP contribution in [0.2, 0.25) is 0 Å². The number of aryl methyl sites for hydroxylation is 1. The minimum absolute atomic E-state index is 0.0735. The molecule has 5 aromatic rings. The second kappa shape index (κ2) is 9.77. The normalized spacial score (nSPS) is 14.6. The molecule has 0 aliphatic carbocycles. The summed E-state index contributed by atoms with van der Waals surface area (Å²) in [4.78, 5) is 39.0. The Labute approximate surface area is 227 Å². The fourth-order valence-corrected chi connectivity index (χ4v) is 4.96. The number of ether oxygens (including phenoxy) is 3. The molecule has 3 heterocycles.